The Balaban J connectivity index is 2.94. The highest BCUT2D eigenvalue weighted by Crippen LogP contribution is 2.30. The van der Waals surface area contributed by atoms with Gasteiger partial charge in [0.25, 0.3) is 0 Å². The van der Waals surface area contributed by atoms with E-state index in [1.54, 1.807) is 11.3 Å². The van der Waals surface area contributed by atoms with Crippen molar-refractivity contribution in [2.45, 2.75) is 19.9 Å². The minimum atomic E-state index is -0.738. The number of nitrogens with one attached hydrogen (secondary N) is 1. The summed E-state index contributed by atoms with van der Waals surface area (Å²) in [6.07, 6.45) is 0. The van der Waals surface area contributed by atoms with Crippen LogP contribution in [-0.4, -0.2) is 18.1 Å². The van der Waals surface area contributed by atoms with Crippen LogP contribution in [0.4, 0.5) is 0 Å². The maximum absolute atomic E-state index is 11.2. The number of carbonyl (C=O) groups is 1. The monoisotopic (exact) mass is 227 g/mol. The van der Waals surface area contributed by atoms with Crippen molar-refractivity contribution in [2.75, 3.05) is 7.05 Å². The van der Waals surface area contributed by atoms with Gasteiger partial charge in [-0.3, -0.25) is 4.79 Å². The highest BCUT2D eigenvalue weighted by Gasteiger charge is 2.31. The first-order chi connectivity index (χ1) is 7.07. The second kappa shape index (κ2) is 5.28. The Morgan fingerprint density at radius 3 is 2.53 bits per heavy atom. The number of thiophene rings is 1. The van der Waals surface area contributed by atoms with E-state index in [1.807, 2.05) is 38.4 Å². The van der Waals surface area contributed by atoms with Crippen molar-refractivity contribution >= 4 is 17.3 Å². The Hall–Kier alpha value is -0.870. The number of carboxylic acid groups (broad SMARTS) is 1. The Morgan fingerprint density at radius 1 is 1.53 bits per heavy atom. The molecule has 1 aromatic heterocycles. The van der Waals surface area contributed by atoms with E-state index in [2.05, 4.69) is 5.32 Å². The molecule has 15 heavy (non-hydrogen) atoms. The third-order valence-electron chi connectivity index (χ3n) is 2.52. The molecule has 4 heteroatoms. The van der Waals surface area contributed by atoms with Gasteiger partial charge < -0.3 is 10.4 Å². The maximum Gasteiger partial charge on any atom is 0.308 e. The molecule has 0 amide bonds. The maximum atomic E-state index is 11.2. The van der Waals surface area contributed by atoms with Crippen LogP contribution in [-0.2, 0) is 4.79 Å². The van der Waals surface area contributed by atoms with Crippen LogP contribution in [0.3, 0.4) is 0 Å². The van der Waals surface area contributed by atoms with Crippen molar-refractivity contribution < 1.29 is 9.90 Å². The fourth-order valence-electron chi connectivity index (χ4n) is 1.78. The van der Waals surface area contributed by atoms with Gasteiger partial charge in [0.05, 0.1) is 12.0 Å². The number of carboxylic acids is 1. The summed E-state index contributed by atoms with van der Waals surface area (Å²) >= 11 is 1.59. The minimum absolute atomic E-state index is 0.0949. The van der Waals surface area contributed by atoms with Crippen molar-refractivity contribution in [2.24, 2.45) is 11.8 Å². The summed E-state index contributed by atoms with van der Waals surface area (Å²) in [6.45, 7) is 3.88. The van der Waals surface area contributed by atoms with E-state index in [4.69, 9.17) is 0 Å². The predicted octanol–water partition coefficient (Wildman–Crippen LogP) is 2.37. The number of aliphatic carboxylic acids is 1. The molecule has 0 fully saturated rings. The van der Waals surface area contributed by atoms with Crippen LogP contribution >= 0.6 is 11.3 Å². The van der Waals surface area contributed by atoms with E-state index in [1.165, 1.54) is 0 Å². The highest BCUT2D eigenvalue weighted by atomic mass is 32.1. The smallest absolute Gasteiger partial charge is 0.308 e. The average Bonchev–Trinajstić information content (AvgIpc) is 2.64. The second-order valence-corrected chi connectivity index (χ2v) is 4.87. The summed E-state index contributed by atoms with van der Waals surface area (Å²) in [6, 6.07) is 3.83. The SMILES string of the molecule is CNC(c1cccs1)C(C(=O)O)C(C)C. The lowest BCUT2D eigenvalue weighted by Gasteiger charge is -2.25. The van der Waals surface area contributed by atoms with Crippen LogP contribution in [0.5, 0.6) is 0 Å². The van der Waals surface area contributed by atoms with Gasteiger partial charge in [0, 0.05) is 4.88 Å². The van der Waals surface area contributed by atoms with Crippen LogP contribution in [0.25, 0.3) is 0 Å². The predicted molar refractivity (Wildman–Crippen MR) is 62.1 cm³/mol. The van der Waals surface area contributed by atoms with E-state index in [9.17, 15) is 9.90 Å². The Morgan fingerprint density at radius 2 is 2.20 bits per heavy atom. The van der Waals surface area contributed by atoms with Crippen LogP contribution in [0.2, 0.25) is 0 Å². The first-order valence-corrected chi connectivity index (χ1v) is 5.89. The van der Waals surface area contributed by atoms with Gasteiger partial charge in [-0.1, -0.05) is 19.9 Å². The van der Waals surface area contributed by atoms with Crippen molar-refractivity contribution in [3.63, 3.8) is 0 Å². The van der Waals surface area contributed by atoms with Gasteiger partial charge in [0.1, 0.15) is 0 Å². The van der Waals surface area contributed by atoms with Crippen LogP contribution < -0.4 is 5.32 Å². The fourth-order valence-corrected chi connectivity index (χ4v) is 2.66. The lowest BCUT2D eigenvalue weighted by Crippen LogP contribution is -2.33. The van der Waals surface area contributed by atoms with E-state index >= 15 is 0 Å². The van der Waals surface area contributed by atoms with Gasteiger partial charge in [-0.15, -0.1) is 11.3 Å². The first-order valence-electron chi connectivity index (χ1n) is 5.01. The van der Waals surface area contributed by atoms with Gasteiger partial charge in [0.15, 0.2) is 0 Å². The number of rotatable bonds is 5. The molecule has 0 bridgehead atoms. The molecule has 2 atom stereocenters. The van der Waals surface area contributed by atoms with Crippen molar-refractivity contribution in [1.82, 2.24) is 5.32 Å². The molecule has 1 heterocycles. The zero-order valence-corrected chi connectivity index (χ0v) is 10.0. The standard InChI is InChI=1S/C11H17NO2S/c1-7(2)9(11(13)14)10(12-3)8-5-4-6-15-8/h4-7,9-10,12H,1-3H3,(H,13,14). The Labute approximate surface area is 94.1 Å². The lowest BCUT2D eigenvalue weighted by atomic mass is 9.88. The summed E-state index contributed by atoms with van der Waals surface area (Å²) < 4.78 is 0. The zero-order chi connectivity index (χ0) is 11.4. The quantitative estimate of drug-likeness (QED) is 0.812. The molecule has 0 aliphatic heterocycles. The molecule has 1 rings (SSSR count). The van der Waals surface area contributed by atoms with Crippen LogP contribution in [0.15, 0.2) is 17.5 Å². The largest absolute Gasteiger partial charge is 0.481 e. The molecule has 2 unspecified atom stereocenters. The zero-order valence-electron chi connectivity index (χ0n) is 9.23. The molecule has 84 valence electrons. The van der Waals surface area contributed by atoms with Crippen molar-refractivity contribution in [1.29, 1.82) is 0 Å². The third kappa shape index (κ3) is 2.79. The summed E-state index contributed by atoms with van der Waals surface area (Å²) in [7, 11) is 1.81. The molecule has 0 saturated carbocycles. The Bertz CT molecular complexity index is 308. The van der Waals surface area contributed by atoms with E-state index < -0.39 is 5.97 Å². The molecular weight excluding hydrogens is 210 g/mol. The summed E-state index contributed by atoms with van der Waals surface area (Å²) in [5, 5.41) is 14.3. The van der Waals surface area contributed by atoms with Gasteiger partial charge >= 0.3 is 5.97 Å². The summed E-state index contributed by atoms with van der Waals surface area (Å²) in [5.74, 6) is -1.01. The topological polar surface area (TPSA) is 49.3 Å². The summed E-state index contributed by atoms with van der Waals surface area (Å²) in [5.41, 5.74) is 0. The highest BCUT2D eigenvalue weighted by molar-refractivity contribution is 7.10. The molecule has 0 aliphatic carbocycles. The average molecular weight is 227 g/mol. The van der Waals surface area contributed by atoms with E-state index in [-0.39, 0.29) is 17.9 Å². The second-order valence-electron chi connectivity index (χ2n) is 3.89. The fraction of sp³-hybridized carbons (Fsp3) is 0.545. The van der Waals surface area contributed by atoms with Gasteiger partial charge in [-0.05, 0) is 24.4 Å². The van der Waals surface area contributed by atoms with Crippen LogP contribution in [0, 0.1) is 11.8 Å². The summed E-state index contributed by atoms with van der Waals surface area (Å²) in [4.78, 5) is 12.3. The minimum Gasteiger partial charge on any atom is -0.481 e. The van der Waals surface area contributed by atoms with Crippen molar-refractivity contribution in [3.8, 4) is 0 Å². The normalized spacial score (nSPS) is 15.2. The van der Waals surface area contributed by atoms with Gasteiger partial charge in [-0.2, -0.15) is 0 Å². The van der Waals surface area contributed by atoms with Crippen molar-refractivity contribution in [3.05, 3.63) is 22.4 Å². The molecule has 0 aliphatic rings. The first kappa shape index (κ1) is 12.2. The molecule has 2 N–H and O–H groups in total. The molecule has 3 nitrogen and oxygen atoms in total. The van der Waals surface area contributed by atoms with E-state index in [0.717, 1.165) is 4.88 Å². The number of hydrogen-bond acceptors (Lipinski definition) is 3. The van der Waals surface area contributed by atoms with Crippen LogP contribution in [0.1, 0.15) is 24.8 Å². The molecule has 0 spiro atoms. The Kier molecular flexibility index (Phi) is 4.29. The molecule has 0 radical (unpaired) electrons. The van der Waals surface area contributed by atoms with Gasteiger partial charge in [0.2, 0.25) is 0 Å². The molecule has 1 aromatic rings. The third-order valence-corrected chi connectivity index (χ3v) is 3.48. The number of hydrogen-bond donors (Lipinski definition) is 2. The lowest BCUT2D eigenvalue weighted by molar-refractivity contribution is -0.144. The molecular formula is C11H17NO2S. The molecule has 0 saturated heterocycles. The van der Waals surface area contributed by atoms with E-state index in [0.29, 0.717) is 0 Å². The molecule has 0 aromatic carbocycles. The van der Waals surface area contributed by atoms with Gasteiger partial charge in [-0.25, -0.2) is 0 Å².